The molecule has 0 amide bonds. The van der Waals surface area contributed by atoms with Gasteiger partial charge in [0.1, 0.15) is 0 Å². The normalized spacial score (nSPS) is 9.20. The molecule has 15 heavy (non-hydrogen) atoms. The average molecular weight is 236 g/mol. The molecule has 0 saturated heterocycles. The van der Waals surface area contributed by atoms with Gasteiger partial charge in [-0.3, -0.25) is 0 Å². The van der Waals surface area contributed by atoms with Crippen LogP contribution < -0.4 is 17.8 Å². The highest BCUT2D eigenvalue weighted by Crippen LogP contribution is 2.09. The summed E-state index contributed by atoms with van der Waals surface area (Å²) in [6.45, 7) is 3.85. The number of aliphatic hydroxyl groups is 1. The Labute approximate surface area is 98.4 Å². The van der Waals surface area contributed by atoms with Crippen molar-refractivity contribution < 1.29 is 27.7 Å². The van der Waals surface area contributed by atoms with Crippen molar-refractivity contribution in [3.05, 3.63) is 12.2 Å². The van der Waals surface area contributed by atoms with Crippen LogP contribution in [0.4, 0.5) is 0 Å². The second-order valence-corrected chi connectivity index (χ2v) is 3.49. The highest BCUT2D eigenvalue weighted by Gasteiger charge is 2.00. The molecule has 0 spiro atoms. The molecule has 0 rings (SSSR count). The quantitative estimate of drug-likeness (QED) is 0.215. The van der Waals surface area contributed by atoms with Crippen LogP contribution in [0, 0.1) is 0 Å². The number of nitrogens with two attached hydrogens (primary N) is 1. The number of hydrogen-bond acceptors (Lipinski definition) is 2. The fourth-order valence-electron chi connectivity index (χ4n) is 1.21. The van der Waals surface area contributed by atoms with Gasteiger partial charge in [-0.2, -0.15) is 0 Å². The maximum absolute atomic E-state index is 8.71. The number of rotatable bonds is 8. The van der Waals surface area contributed by atoms with Crippen molar-refractivity contribution in [2.75, 3.05) is 13.7 Å². The first-order chi connectivity index (χ1) is 6.70. The van der Waals surface area contributed by atoms with Crippen LogP contribution in [0.5, 0.6) is 0 Å². The molecule has 0 heterocycles. The van der Waals surface area contributed by atoms with E-state index in [1.807, 2.05) is 0 Å². The van der Waals surface area contributed by atoms with Crippen LogP contribution in [0.15, 0.2) is 12.2 Å². The molecule has 0 aromatic carbocycles. The third-order valence-corrected chi connectivity index (χ3v) is 2.19. The van der Waals surface area contributed by atoms with E-state index in [-0.39, 0.29) is 19.0 Å². The Morgan fingerprint density at radius 1 is 1.20 bits per heavy atom. The lowest BCUT2D eigenvalue weighted by molar-refractivity contribution is -0.140. The molecular formula is C11H22ClNO2. The van der Waals surface area contributed by atoms with Crippen molar-refractivity contribution in [2.24, 2.45) is 0 Å². The lowest BCUT2D eigenvalue weighted by Crippen LogP contribution is -3.00. The summed E-state index contributed by atoms with van der Waals surface area (Å²) in [5.74, 6) is 0.616. The van der Waals surface area contributed by atoms with E-state index in [4.69, 9.17) is 15.3 Å². The second kappa shape index (κ2) is 11.5. The molecule has 3 N–H and O–H groups in total. The largest absolute Gasteiger partial charge is 1.00 e. The lowest BCUT2D eigenvalue weighted by Gasteiger charge is -2.01. The van der Waals surface area contributed by atoms with E-state index in [1.54, 1.807) is 7.11 Å². The number of unbranched alkanes of at least 4 members (excludes halogenated alkanes) is 3. The summed E-state index contributed by atoms with van der Waals surface area (Å²) in [6.07, 6.45) is 6.27. The summed E-state index contributed by atoms with van der Waals surface area (Å²) in [4.78, 5) is 0. The van der Waals surface area contributed by atoms with Crippen molar-refractivity contribution in [1.29, 1.82) is 0 Å². The van der Waals surface area contributed by atoms with Gasteiger partial charge in [0.15, 0.2) is 0 Å². The molecule has 0 aliphatic rings. The van der Waals surface area contributed by atoms with E-state index < -0.39 is 0 Å². The Kier molecular flexibility index (Phi) is 13.0. The van der Waals surface area contributed by atoms with Crippen molar-refractivity contribution in [2.45, 2.75) is 38.5 Å². The lowest BCUT2D eigenvalue weighted by atomic mass is 10.1. The number of aliphatic hydroxyl groups excluding tert-OH is 1. The summed E-state index contributed by atoms with van der Waals surface area (Å²) in [5.41, 5.74) is 0.924. The van der Waals surface area contributed by atoms with Gasteiger partial charge in [0, 0.05) is 0 Å². The Morgan fingerprint density at radius 3 is 2.20 bits per heavy atom. The second-order valence-electron chi connectivity index (χ2n) is 3.49. The van der Waals surface area contributed by atoms with Crippen LogP contribution in [-0.2, 0) is 4.74 Å². The molecule has 0 aliphatic carbocycles. The number of ether oxygens (including phenoxy) is 1. The van der Waals surface area contributed by atoms with Crippen LogP contribution in [0.2, 0.25) is 0 Å². The van der Waals surface area contributed by atoms with Crippen LogP contribution in [0.3, 0.4) is 0 Å². The SMILES string of the molecule is C=C(CO)CCCCCCC(=[NH2+])OC.[Cl-]. The van der Waals surface area contributed by atoms with E-state index in [1.165, 1.54) is 0 Å². The van der Waals surface area contributed by atoms with E-state index in [9.17, 15) is 0 Å². The fraction of sp³-hybridized carbons (Fsp3) is 0.727. The smallest absolute Gasteiger partial charge is 0.332 e. The van der Waals surface area contributed by atoms with Crippen molar-refractivity contribution in [1.82, 2.24) is 0 Å². The Bertz CT molecular complexity index is 163. The van der Waals surface area contributed by atoms with Gasteiger partial charge in [-0.25, -0.2) is 5.41 Å². The summed E-state index contributed by atoms with van der Waals surface area (Å²) in [6, 6.07) is 0. The Hall–Kier alpha value is -0.540. The van der Waals surface area contributed by atoms with Gasteiger partial charge in [-0.05, 0) is 19.3 Å². The first-order valence-electron chi connectivity index (χ1n) is 5.13. The molecule has 0 saturated carbocycles. The highest BCUT2D eigenvalue weighted by atomic mass is 35.5. The molecule has 3 nitrogen and oxygen atoms in total. The number of methoxy groups -OCH3 is 1. The Balaban J connectivity index is 0. The zero-order valence-corrected chi connectivity index (χ0v) is 10.2. The predicted molar refractivity (Wildman–Crippen MR) is 57.9 cm³/mol. The number of hydrogen-bond donors (Lipinski definition) is 2. The minimum absolute atomic E-state index is 0. The molecular weight excluding hydrogens is 214 g/mol. The fourth-order valence-corrected chi connectivity index (χ4v) is 1.21. The molecule has 90 valence electrons. The first kappa shape index (κ1) is 16.9. The van der Waals surface area contributed by atoms with Gasteiger partial charge in [0.25, 0.3) is 0 Å². The van der Waals surface area contributed by atoms with Gasteiger partial charge >= 0.3 is 5.90 Å². The summed E-state index contributed by atoms with van der Waals surface area (Å²) in [7, 11) is 1.60. The average Bonchev–Trinajstić information content (AvgIpc) is 2.22. The van der Waals surface area contributed by atoms with Gasteiger partial charge in [0.2, 0.25) is 0 Å². The van der Waals surface area contributed by atoms with E-state index in [2.05, 4.69) is 6.58 Å². The molecule has 0 aliphatic heterocycles. The summed E-state index contributed by atoms with van der Waals surface area (Å²) >= 11 is 0. The molecule has 0 unspecified atom stereocenters. The van der Waals surface area contributed by atoms with Gasteiger partial charge < -0.3 is 22.3 Å². The monoisotopic (exact) mass is 235 g/mol. The third-order valence-electron chi connectivity index (χ3n) is 2.19. The molecule has 0 radical (unpaired) electrons. The van der Waals surface area contributed by atoms with E-state index in [0.717, 1.165) is 44.1 Å². The van der Waals surface area contributed by atoms with Crippen molar-refractivity contribution in [3.63, 3.8) is 0 Å². The topological polar surface area (TPSA) is 55.0 Å². The van der Waals surface area contributed by atoms with E-state index in [0.29, 0.717) is 5.90 Å². The van der Waals surface area contributed by atoms with Gasteiger partial charge in [-0.15, -0.1) is 0 Å². The highest BCUT2D eigenvalue weighted by molar-refractivity contribution is 5.68. The minimum atomic E-state index is 0. The van der Waals surface area contributed by atoms with Crippen LogP contribution in [0.25, 0.3) is 0 Å². The predicted octanol–water partition coefficient (Wildman–Crippen LogP) is -2.32. The molecule has 0 atom stereocenters. The van der Waals surface area contributed by atoms with Gasteiger partial charge in [0.05, 0.1) is 20.1 Å². The zero-order valence-electron chi connectivity index (χ0n) is 9.47. The standard InChI is InChI=1S/C11H21NO2.ClH/c1-10(9-13)7-5-3-4-6-8-11(12)14-2;/h12-13H,1,3-9H2,2H3;1H. The molecule has 4 heteroatoms. The summed E-state index contributed by atoms with van der Waals surface area (Å²) in [5, 5.41) is 14.2. The molecule has 0 bridgehead atoms. The molecule has 0 aromatic rings. The van der Waals surface area contributed by atoms with Crippen LogP contribution in [0.1, 0.15) is 38.5 Å². The van der Waals surface area contributed by atoms with Crippen molar-refractivity contribution in [3.8, 4) is 0 Å². The van der Waals surface area contributed by atoms with Crippen LogP contribution in [-0.4, -0.2) is 24.7 Å². The maximum atomic E-state index is 8.71. The van der Waals surface area contributed by atoms with E-state index >= 15 is 0 Å². The minimum Gasteiger partial charge on any atom is -1.00 e. The Morgan fingerprint density at radius 2 is 1.73 bits per heavy atom. The molecule has 0 aromatic heterocycles. The number of halogens is 1. The first-order valence-corrected chi connectivity index (χ1v) is 5.13. The zero-order chi connectivity index (χ0) is 10.8. The summed E-state index contributed by atoms with van der Waals surface area (Å²) < 4.78 is 4.86. The maximum Gasteiger partial charge on any atom is 0.332 e. The van der Waals surface area contributed by atoms with Gasteiger partial charge in [-0.1, -0.05) is 25.0 Å². The molecule has 0 fully saturated rings. The van der Waals surface area contributed by atoms with Crippen LogP contribution >= 0.6 is 0 Å². The third kappa shape index (κ3) is 11.4. The van der Waals surface area contributed by atoms with Crippen molar-refractivity contribution >= 4 is 5.90 Å².